The molecule has 2 N–H and O–H groups in total. The van der Waals surface area contributed by atoms with Gasteiger partial charge >= 0.3 is 0 Å². The number of nitrogens with two attached hydrogens (primary N) is 1. The van der Waals surface area contributed by atoms with E-state index in [9.17, 15) is 0 Å². The second-order valence-corrected chi connectivity index (χ2v) is 6.60. The van der Waals surface area contributed by atoms with E-state index < -0.39 is 0 Å². The average Bonchev–Trinajstić information content (AvgIpc) is 2.53. The molecule has 1 saturated carbocycles. The largest absolute Gasteiger partial charge is 0.375 e. The maximum Gasteiger partial charge on any atom is 0.0730 e. The average molecular weight is 288 g/mol. The van der Waals surface area contributed by atoms with E-state index in [1.54, 1.807) is 0 Å². The molecule has 2 aliphatic rings. The van der Waals surface area contributed by atoms with Crippen molar-refractivity contribution < 1.29 is 4.74 Å². The molecule has 3 atom stereocenters. The predicted molar refractivity (Wildman–Crippen MR) is 86.3 cm³/mol. The highest BCUT2D eigenvalue weighted by Gasteiger charge is 2.33. The van der Waals surface area contributed by atoms with Gasteiger partial charge in [0.1, 0.15) is 0 Å². The maximum atomic E-state index is 6.37. The molecular formula is C18H28N2O. The van der Waals surface area contributed by atoms with E-state index in [0.29, 0.717) is 12.1 Å². The number of rotatable bonds is 4. The third-order valence-corrected chi connectivity index (χ3v) is 5.08. The van der Waals surface area contributed by atoms with Crippen LogP contribution in [0, 0.1) is 6.92 Å². The topological polar surface area (TPSA) is 38.5 Å². The molecule has 0 bridgehead atoms. The van der Waals surface area contributed by atoms with Crippen LogP contribution in [0.2, 0.25) is 0 Å². The molecule has 1 saturated heterocycles. The summed E-state index contributed by atoms with van der Waals surface area (Å²) in [6, 6.07) is 9.43. The van der Waals surface area contributed by atoms with Gasteiger partial charge in [-0.15, -0.1) is 0 Å². The van der Waals surface area contributed by atoms with E-state index in [1.165, 1.54) is 36.8 Å². The zero-order valence-electron chi connectivity index (χ0n) is 13.1. The lowest BCUT2D eigenvalue weighted by atomic mass is 9.90. The highest BCUT2D eigenvalue weighted by atomic mass is 16.5. The second kappa shape index (κ2) is 6.91. The van der Waals surface area contributed by atoms with Crippen LogP contribution in [0.25, 0.3) is 0 Å². The lowest BCUT2D eigenvalue weighted by molar-refractivity contribution is -0.0885. The van der Waals surface area contributed by atoms with Crippen LogP contribution in [-0.2, 0) is 4.74 Å². The summed E-state index contributed by atoms with van der Waals surface area (Å²) in [6.45, 7) is 5.18. The zero-order chi connectivity index (χ0) is 14.7. The third kappa shape index (κ3) is 3.65. The fourth-order valence-corrected chi connectivity index (χ4v) is 3.74. The van der Waals surface area contributed by atoms with Crippen molar-refractivity contribution in [1.82, 2.24) is 4.90 Å². The van der Waals surface area contributed by atoms with Gasteiger partial charge in [0, 0.05) is 25.2 Å². The molecule has 1 aliphatic carbocycles. The number of benzene rings is 1. The Hall–Kier alpha value is -0.900. The van der Waals surface area contributed by atoms with Crippen LogP contribution in [0.5, 0.6) is 0 Å². The van der Waals surface area contributed by atoms with Gasteiger partial charge in [-0.3, -0.25) is 4.90 Å². The lowest BCUT2D eigenvalue weighted by Crippen LogP contribution is -2.53. The first-order valence-electron chi connectivity index (χ1n) is 8.42. The van der Waals surface area contributed by atoms with Crippen molar-refractivity contribution in [3.8, 4) is 0 Å². The molecule has 0 amide bonds. The summed E-state index contributed by atoms with van der Waals surface area (Å²) in [5, 5.41) is 0. The minimum atomic E-state index is 0.149. The quantitative estimate of drug-likeness (QED) is 0.925. The molecule has 3 unspecified atom stereocenters. The van der Waals surface area contributed by atoms with E-state index in [0.717, 1.165) is 26.1 Å². The summed E-state index contributed by atoms with van der Waals surface area (Å²) in [7, 11) is 0. The molecule has 0 aromatic heterocycles. The third-order valence-electron chi connectivity index (χ3n) is 5.08. The number of nitrogens with zero attached hydrogens (tertiary/aromatic N) is 1. The highest BCUT2D eigenvalue weighted by Crippen LogP contribution is 2.29. The molecule has 1 aliphatic heterocycles. The van der Waals surface area contributed by atoms with Crippen molar-refractivity contribution in [2.75, 3.05) is 19.7 Å². The molecule has 0 radical (unpaired) electrons. The van der Waals surface area contributed by atoms with Crippen molar-refractivity contribution in [2.45, 2.75) is 57.2 Å². The van der Waals surface area contributed by atoms with Gasteiger partial charge in [-0.05, 0) is 31.7 Å². The number of ether oxygens (including phenoxy) is 1. The first-order valence-corrected chi connectivity index (χ1v) is 8.42. The van der Waals surface area contributed by atoms with Crippen LogP contribution in [0.4, 0.5) is 0 Å². The Bertz CT molecular complexity index is 443. The van der Waals surface area contributed by atoms with Crippen LogP contribution in [-0.4, -0.2) is 36.7 Å². The molecular weight excluding hydrogens is 260 g/mol. The number of morpholine rings is 1. The van der Waals surface area contributed by atoms with E-state index in [2.05, 4.69) is 36.1 Å². The van der Waals surface area contributed by atoms with Crippen molar-refractivity contribution in [1.29, 1.82) is 0 Å². The zero-order valence-corrected chi connectivity index (χ0v) is 13.1. The molecule has 0 spiro atoms. The summed E-state index contributed by atoms with van der Waals surface area (Å²) in [6.07, 6.45) is 6.73. The van der Waals surface area contributed by atoms with E-state index >= 15 is 0 Å². The Kier molecular flexibility index (Phi) is 4.94. The second-order valence-electron chi connectivity index (χ2n) is 6.60. The Balaban J connectivity index is 1.55. The normalized spacial score (nSPS) is 28.1. The summed E-state index contributed by atoms with van der Waals surface area (Å²) < 4.78 is 5.94. The maximum absolute atomic E-state index is 6.37. The molecule has 2 fully saturated rings. The Labute approximate surface area is 128 Å². The lowest BCUT2D eigenvalue weighted by Gasteiger charge is -2.44. The van der Waals surface area contributed by atoms with Gasteiger partial charge in [-0.2, -0.15) is 0 Å². The summed E-state index contributed by atoms with van der Waals surface area (Å²) in [5.41, 5.74) is 8.93. The summed E-state index contributed by atoms with van der Waals surface area (Å²) >= 11 is 0. The molecule has 3 rings (SSSR count). The SMILES string of the molecule is Cc1ccc(C(N)CCN2CCOC3CCCCC32)cc1. The summed E-state index contributed by atoms with van der Waals surface area (Å²) in [4.78, 5) is 2.63. The fourth-order valence-electron chi connectivity index (χ4n) is 3.74. The van der Waals surface area contributed by atoms with E-state index in [1.807, 2.05) is 0 Å². The minimum absolute atomic E-state index is 0.149. The molecule has 1 aromatic rings. The van der Waals surface area contributed by atoms with Gasteiger partial charge in [0.05, 0.1) is 12.7 Å². The number of fused-ring (bicyclic) bond motifs is 1. The first-order chi connectivity index (χ1) is 10.2. The van der Waals surface area contributed by atoms with E-state index in [-0.39, 0.29) is 6.04 Å². The van der Waals surface area contributed by atoms with Gasteiger partial charge in [0.15, 0.2) is 0 Å². The van der Waals surface area contributed by atoms with Crippen molar-refractivity contribution in [3.63, 3.8) is 0 Å². The van der Waals surface area contributed by atoms with Crippen molar-refractivity contribution in [3.05, 3.63) is 35.4 Å². The van der Waals surface area contributed by atoms with Gasteiger partial charge in [0.2, 0.25) is 0 Å². The molecule has 21 heavy (non-hydrogen) atoms. The Morgan fingerprint density at radius 2 is 2.00 bits per heavy atom. The van der Waals surface area contributed by atoms with Gasteiger partial charge in [-0.25, -0.2) is 0 Å². The predicted octanol–water partition coefficient (Wildman–Crippen LogP) is 3.03. The Morgan fingerprint density at radius 3 is 2.81 bits per heavy atom. The van der Waals surface area contributed by atoms with Crippen LogP contribution in [0.15, 0.2) is 24.3 Å². The van der Waals surface area contributed by atoms with Crippen molar-refractivity contribution in [2.24, 2.45) is 5.73 Å². The molecule has 1 heterocycles. The number of hydrogen-bond donors (Lipinski definition) is 1. The molecule has 116 valence electrons. The van der Waals surface area contributed by atoms with E-state index in [4.69, 9.17) is 10.5 Å². The summed E-state index contributed by atoms with van der Waals surface area (Å²) in [5.74, 6) is 0. The van der Waals surface area contributed by atoms with Gasteiger partial charge < -0.3 is 10.5 Å². The highest BCUT2D eigenvalue weighted by molar-refractivity contribution is 5.23. The van der Waals surface area contributed by atoms with Crippen LogP contribution >= 0.6 is 0 Å². The van der Waals surface area contributed by atoms with Crippen molar-refractivity contribution >= 4 is 0 Å². The number of aryl methyl sites for hydroxylation is 1. The van der Waals surface area contributed by atoms with Crippen LogP contribution in [0.1, 0.15) is 49.3 Å². The smallest absolute Gasteiger partial charge is 0.0730 e. The Morgan fingerprint density at radius 1 is 1.24 bits per heavy atom. The molecule has 3 nitrogen and oxygen atoms in total. The minimum Gasteiger partial charge on any atom is -0.375 e. The van der Waals surface area contributed by atoms with Crippen LogP contribution < -0.4 is 5.73 Å². The molecule has 1 aromatic carbocycles. The molecule has 3 heteroatoms. The first kappa shape index (κ1) is 15.0. The van der Waals surface area contributed by atoms with Gasteiger partial charge in [0.25, 0.3) is 0 Å². The monoisotopic (exact) mass is 288 g/mol. The fraction of sp³-hybridized carbons (Fsp3) is 0.667. The standard InChI is InChI=1S/C18H28N2O/c1-14-6-8-15(9-7-14)16(19)10-11-20-12-13-21-18-5-3-2-4-17(18)20/h6-9,16-18H,2-5,10-13,19H2,1H3. The van der Waals surface area contributed by atoms with Crippen LogP contribution in [0.3, 0.4) is 0 Å². The van der Waals surface area contributed by atoms with Gasteiger partial charge in [-0.1, -0.05) is 42.7 Å². The number of hydrogen-bond acceptors (Lipinski definition) is 3.